The largest absolute Gasteiger partial charge is 0.342 e. The number of hydrogen-bond donors (Lipinski definition) is 1. The minimum absolute atomic E-state index is 0. The van der Waals surface area contributed by atoms with Crippen molar-refractivity contribution in [2.75, 3.05) is 11.4 Å². The van der Waals surface area contributed by atoms with Gasteiger partial charge < -0.3 is 14.8 Å². The second kappa shape index (κ2) is 8.16. The topological polar surface area (TPSA) is 102 Å². The van der Waals surface area contributed by atoms with Crippen LogP contribution in [0.1, 0.15) is 54.5 Å². The number of allylic oxidation sites excluding steroid dienone is 2. The Hall–Kier alpha value is -3.88. The zero-order valence-corrected chi connectivity index (χ0v) is 19.1. The van der Waals surface area contributed by atoms with Gasteiger partial charge >= 0.3 is 0 Å². The lowest BCUT2D eigenvalue weighted by Crippen LogP contribution is -2.45. The number of pyridine rings is 1. The van der Waals surface area contributed by atoms with E-state index in [2.05, 4.69) is 46.0 Å². The van der Waals surface area contributed by atoms with E-state index in [-0.39, 0.29) is 7.33 Å². The van der Waals surface area contributed by atoms with Crippen LogP contribution in [0.4, 0.5) is 5.95 Å². The number of carbonyl (C=O) groups excluding carboxylic acids is 1. The van der Waals surface area contributed by atoms with Crippen LogP contribution in [-0.4, -0.2) is 47.7 Å². The van der Waals surface area contributed by atoms with Gasteiger partial charge in [-0.25, -0.2) is 9.97 Å². The van der Waals surface area contributed by atoms with Gasteiger partial charge in [-0.05, 0) is 48.6 Å². The fourth-order valence-corrected chi connectivity index (χ4v) is 5.03. The molecule has 34 heavy (non-hydrogen) atoms. The van der Waals surface area contributed by atoms with Gasteiger partial charge in [0.25, 0.3) is 5.91 Å². The van der Waals surface area contributed by atoms with Crippen molar-refractivity contribution in [3.05, 3.63) is 77.4 Å². The molecule has 0 radical (unpaired) electrons. The van der Waals surface area contributed by atoms with Crippen molar-refractivity contribution in [2.45, 2.75) is 51.2 Å². The molecule has 5 heterocycles. The molecule has 1 atom stereocenters. The molecular formula is C25H28N8O. The summed E-state index contributed by atoms with van der Waals surface area (Å²) in [6.07, 6.45) is 15.0. The maximum Gasteiger partial charge on any atom is 0.270 e. The van der Waals surface area contributed by atoms with E-state index in [1.54, 1.807) is 12.4 Å². The van der Waals surface area contributed by atoms with Gasteiger partial charge in [0, 0.05) is 52.5 Å². The molecule has 3 aromatic rings. The summed E-state index contributed by atoms with van der Waals surface area (Å²) in [5.41, 5.74) is 3.22. The third-order valence-corrected chi connectivity index (χ3v) is 6.78. The minimum Gasteiger partial charge on any atom is -0.342 e. The SMILES string of the molecule is CC1(NC(=O)c2cc3c(cn2)CCN(c2ncccn2)C3)C=CC=C(c2nnc3n2CCC3)C1.[HH]. The summed E-state index contributed by atoms with van der Waals surface area (Å²) in [7, 11) is 0. The summed E-state index contributed by atoms with van der Waals surface area (Å²) < 4.78 is 2.19. The van der Waals surface area contributed by atoms with Crippen molar-refractivity contribution in [1.29, 1.82) is 0 Å². The van der Waals surface area contributed by atoms with Gasteiger partial charge in [-0.2, -0.15) is 0 Å². The quantitative estimate of drug-likeness (QED) is 0.644. The van der Waals surface area contributed by atoms with Gasteiger partial charge in [-0.1, -0.05) is 18.2 Å². The summed E-state index contributed by atoms with van der Waals surface area (Å²) >= 11 is 0. The normalized spacial score (nSPS) is 21.1. The van der Waals surface area contributed by atoms with Crippen LogP contribution in [0.25, 0.3) is 5.57 Å². The molecule has 174 valence electrons. The lowest BCUT2D eigenvalue weighted by atomic mass is 9.87. The van der Waals surface area contributed by atoms with E-state index in [1.165, 1.54) is 5.56 Å². The maximum absolute atomic E-state index is 13.2. The number of hydrogen-bond acceptors (Lipinski definition) is 7. The van der Waals surface area contributed by atoms with E-state index in [1.807, 2.05) is 37.4 Å². The van der Waals surface area contributed by atoms with Gasteiger partial charge in [0.05, 0.1) is 5.54 Å². The Labute approximate surface area is 199 Å². The molecule has 9 heteroatoms. The van der Waals surface area contributed by atoms with Crippen LogP contribution in [0.5, 0.6) is 0 Å². The number of nitrogens with one attached hydrogen (secondary N) is 1. The maximum atomic E-state index is 13.2. The second-order valence-electron chi connectivity index (χ2n) is 9.35. The molecule has 0 fully saturated rings. The summed E-state index contributed by atoms with van der Waals surface area (Å²) in [4.78, 5) is 28.6. The molecule has 2 aliphatic heterocycles. The molecule has 6 rings (SSSR count). The molecule has 0 saturated carbocycles. The first-order chi connectivity index (χ1) is 16.6. The third kappa shape index (κ3) is 3.76. The van der Waals surface area contributed by atoms with Crippen LogP contribution in [0, 0.1) is 0 Å². The van der Waals surface area contributed by atoms with E-state index in [0.29, 0.717) is 24.6 Å². The molecule has 9 nitrogen and oxygen atoms in total. The molecule has 0 aromatic carbocycles. The molecule has 1 N–H and O–H groups in total. The first-order valence-corrected chi connectivity index (χ1v) is 11.7. The average molecular weight is 457 g/mol. The predicted octanol–water partition coefficient (Wildman–Crippen LogP) is 2.75. The van der Waals surface area contributed by atoms with E-state index in [0.717, 1.165) is 55.1 Å². The number of anilines is 1. The highest BCUT2D eigenvalue weighted by atomic mass is 16.2. The molecule has 1 unspecified atom stereocenters. The van der Waals surface area contributed by atoms with Gasteiger partial charge in [0.2, 0.25) is 5.95 Å². The highest BCUT2D eigenvalue weighted by Gasteiger charge is 2.31. The Morgan fingerprint density at radius 2 is 2.00 bits per heavy atom. The zero-order valence-electron chi connectivity index (χ0n) is 19.1. The molecule has 1 amide bonds. The molecule has 1 aliphatic carbocycles. The van der Waals surface area contributed by atoms with Crippen molar-refractivity contribution in [1.82, 2.24) is 35.0 Å². The van der Waals surface area contributed by atoms with Crippen LogP contribution < -0.4 is 10.2 Å². The summed E-state index contributed by atoms with van der Waals surface area (Å²) in [5.74, 6) is 2.47. The molecule has 0 spiro atoms. The number of aromatic nitrogens is 6. The minimum atomic E-state index is -0.534. The third-order valence-electron chi connectivity index (χ3n) is 6.78. The van der Waals surface area contributed by atoms with Crippen molar-refractivity contribution >= 4 is 17.4 Å². The highest BCUT2D eigenvalue weighted by molar-refractivity contribution is 5.93. The average Bonchev–Trinajstić information content (AvgIpc) is 3.48. The Morgan fingerprint density at radius 1 is 1.12 bits per heavy atom. The Morgan fingerprint density at radius 3 is 2.88 bits per heavy atom. The first kappa shape index (κ1) is 20.7. The van der Waals surface area contributed by atoms with Crippen LogP contribution in [0.3, 0.4) is 0 Å². The molecule has 3 aliphatic rings. The molecular weight excluding hydrogens is 428 g/mol. The fourth-order valence-electron chi connectivity index (χ4n) is 5.03. The summed E-state index contributed by atoms with van der Waals surface area (Å²) in [6.45, 7) is 4.47. The highest BCUT2D eigenvalue weighted by Crippen LogP contribution is 2.31. The lowest BCUT2D eigenvalue weighted by molar-refractivity contribution is 0.0918. The van der Waals surface area contributed by atoms with Gasteiger partial charge in [-0.15, -0.1) is 10.2 Å². The Balaban J connectivity index is 0.00000253. The predicted molar refractivity (Wildman–Crippen MR) is 129 cm³/mol. The molecule has 0 bridgehead atoms. The van der Waals surface area contributed by atoms with Crippen LogP contribution >= 0.6 is 0 Å². The van der Waals surface area contributed by atoms with Crippen LogP contribution in [0.15, 0.2) is 49.0 Å². The van der Waals surface area contributed by atoms with E-state index in [4.69, 9.17) is 0 Å². The van der Waals surface area contributed by atoms with E-state index in [9.17, 15) is 4.79 Å². The van der Waals surface area contributed by atoms with Crippen molar-refractivity contribution in [3.8, 4) is 0 Å². The smallest absolute Gasteiger partial charge is 0.270 e. The van der Waals surface area contributed by atoms with Gasteiger partial charge in [0.1, 0.15) is 11.5 Å². The first-order valence-electron chi connectivity index (χ1n) is 11.7. The lowest BCUT2D eigenvalue weighted by Gasteiger charge is -2.31. The van der Waals surface area contributed by atoms with Crippen LogP contribution in [0.2, 0.25) is 0 Å². The Bertz CT molecular complexity index is 1320. The van der Waals surface area contributed by atoms with Gasteiger partial charge in [0.15, 0.2) is 5.82 Å². The van der Waals surface area contributed by atoms with Gasteiger partial charge in [-0.3, -0.25) is 9.78 Å². The number of carbonyl (C=O) groups is 1. The van der Waals surface area contributed by atoms with E-state index >= 15 is 0 Å². The van der Waals surface area contributed by atoms with E-state index < -0.39 is 5.54 Å². The van der Waals surface area contributed by atoms with Crippen molar-refractivity contribution < 1.29 is 6.22 Å². The number of nitrogens with zero attached hydrogens (tertiary/aromatic N) is 7. The molecule has 3 aromatic heterocycles. The second-order valence-corrected chi connectivity index (χ2v) is 9.35. The molecule has 0 saturated heterocycles. The van der Waals surface area contributed by atoms with Crippen molar-refractivity contribution in [2.24, 2.45) is 0 Å². The van der Waals surface area contributed by atoms with Crippen molar-refractivity contribution in [3.63, 3.8) is 0 Å². The number of amides is 1. The summed E-state index contributed by atoms with van der Waals surface area (Å²) in [6, 6.07) is 3.71. The number of aryl methyl sites for hydroxylation is 1. The fraction of sp³-hybridized carbons (Fsp3) is 0.360. The Kier molecular flexibility index (Phi) is 4.97. The summed E-state index contributed by atoms with van der Waals surface area (Å²) in [5, 5.41) is 11.9. The number of rotatable bonds is 4. The number of fused-ring (bicyclic) bond motifs is 2. The monoisotopic (exact) mass is 456 g/mol. The van der Waals surface area contributed by atoms with Crippen LogP contribution in [-0.2, 0) is 25.9 Å². The standard InChI is InChI=1S/C25H26N8O.H2/c1-25(8-2-5-17(14-25)22-31-30-21-6-3-11-33(21)22)29-23(34)20-13-19-16-32(12-7-18(19)15-28-20)24-26-9-4-10-27-24;/h2,4-5,8-10,13,15H,3,6-7,11-12,14,16H2,1H3,(H,29,34);1H. The zero-order chi connectivity index (χ0) is 23.1.